The summed E-state index contributed by atoms with van der Waals surface area (Å²) in [4.78, 5) is 23.5. The highest BCUT2D eigenvalue weighted by molar-refractivity contribution is 7.88. The minimum atomic E-state index is -3.59. The van der Waals surface area contributed by atoms with Crippen molar-refractivity contribution in [2.45, 2.75) is 25.5 Å². The van der Waals surface area contributed by atoms with Gasteiger partial charge in [-0.1, -0.05) is 12.1 Å². The summed E-state index contributed by atoms with van der Waals surface area (Å²) >= 11 is 0. The molecule has 1 amide bonds. The van der Waals surface area contributed by atoms with Gasteiger partial charge in [0.2, 0.25) is 15.9 Å². The van der Waals surface area contributed by atoms with Crippen LogP contribution in [0.25, 0.3) is 0 Å². The van der Waals surface area contributed by atoms with Crippen molar-refractivity contribution in [2.75, 3.05) is 19.0 Å². The van der Waals surface area contributed by atoms with Crippen molar-refractivity contribution in [3.05, 3.63) is 53.6 Å². The Morgan fingerprint density at radius 1 is 1.07 bits per heavy atom. The molecule has 0 saturated heterocycles. The summed E-state index contributed by atoms with van der Waals surface area (Å²) in [5.74, 6) is 0.455. The first-order valence-electron chi connectivity index (χ1n) is 8.89. The Kier molecular flexibility index (Phi) is 7.74. The van der Waals surface area contributed by atoms with E-state index >= 15 is 0 Å². The van der Waals surface area contributed by atoms with E-state index in [9.17, 15) is 18.0 Å². The number of Topliss-reactive ketones (excluding diaryl/α,β-unsaturated/α-hetero) is 1. The van der Waals surface area contributed by atoms with Crippen molar-refractivity contribution in [3.63, 3.8) is 0 Å². The van der Waals surface area contributed by atoms with Crippen LogP contribution >= 0.6 is 0 Å². The molecule has 29 heavy (non-hydrogen) atoms. The van der Waals surface area contributed by atoms with Crippen LogP contribution in [0.1, 0.15) is 35.7 Å². The van der Waals surface area contributed by atoms with Crippen molar-refractivity contribution < 1.29 is 27.5 Å². The van der Waals surface area contributed by atoms with Crippen LogP contribution in [0.3, 0.4) is 0 Å². The number of hydrogen-bond acceptors (Lipinski definition) is 6. The molecule has 0 aromatic heterocycles. The van der Waals surface area contributed by atoms with Crippen LogP contribution in [-0.2, 0) is 20.6 Å². The predicted octanol–water partition coefficient (Wildman–Crippen LogP) is 2.48. The molecule has 0 atom stereocenters. The molecule has 0 aliphatic heterocycles. The van der Waals surface area contributed by atoms with Gasteiger partial charge in [0.25, 0.3) is 0 Å². The number of rotatable bonds is 10. The monoisotopic (exact) mass is 420 g/mol. The van der Waals surface area contributed by atoms with Gasteiger partial charge in [0.15, 0.2) is 17.3 Å². The number of primary sulfonamides is 1. The van der Waals surface area contributed by atoms with Gasteiger partial charge in [-0.3, -0.25) is 9.59 Å². The van der Waals surface area contributed by atoms with E-state index in [4.69, 9.17) is 14.6 Å². The lowest BCUT2D eigenvalue weighted by Gasteiger charge is -2.11. The van der Waals surface area contributed by atoms with Crippen molar-refractivity contribution in [3.8, 4) is 11.5 Å². The first-order valence-corrected chi connectivity index (χ1v) is 10.6. The topological polar surface area (TPSA) is 125 Å². The number of nitrogens with two attached hydrogens (primary N) is 1. The largest absolute Gasteiger partial charge is 0.493 e. The standard InChI is InChI=1S/C20H24N2O6S/c1-14(23)16-7-10-18(19(12-16)27-2)28-11-3-4-20(24)22-17-8-5-15(6-9-17)13-29(21,25)26/h5-10,12H,3-4,11,13H2,1-2H3,(H,22,24)(H2,21,25,26). The Morgan fingerprint density at radius 3 is 2.34 bits per heavy atom. The van der Waals surface area contributed by atoms with E-state index in [1.165, 1.54) is 14.0 Å². The average molecular weight is 420 g/mol. The highest BCUT2D eigenvalue weighted by atomic mass is 32.2. The van der Waals surface area contributed by atoms with Crippen LogP contribution in [0.5, 0.6) is 11.5 Å². The van der Waals surface area contributed by atoms with E-state index < -0.39 is 10.0 Å². The average Bonchev–Trinajstić information content (AvgIpc) is 2.65. The molecule has 0 saturated carbocycles. The van der Waals surface area contributed by atoms with Crippen molar-refractivity contribution >= 4 is 27.4 Å². The molecule has 0 unspecified atom stereocenters. The summed E-state index contributed by atoms with van der Waals surface area (Å²) in [5, 5.41) is 7.74. The molecular formula is C20H24N2O6S. The van der Waals surface area contributed by atoms with Crippen molar-refractivity contribution in [2.24, 2.45) is 5.14 Å². The molecule has 8 nitrogen and oxygen atoms in total. The summed E-state index contributed by atoms with van der Waals surface area (Å²) in [5.41, 5.74) is 1.64. The lowest BCUT2D eigenvalue weighted by atomic mass is 10.1. The van der Waals surface area contributed by atoms with Gasteiger partial charge in [0.05, 0.1) is 19.5 Å². The second kappa shape index (κ2) is 10.0. The Morgan fingerprint density at radius 2 is 1.76 bits per heavy atom. The van der Waals surface area contributed by atoms with E-state index in [0.717, 1.165) is 0 Å². The van der Waals surface area contributed by atoms with Gasteiger partial charge in [0.1, 0.15) is 0 Å². The second-order valence-corrected chi connectivity index (χ2v) is 8.04. The lowest BCUT2D eigenvalue weighted by molar-refractivity contribution is -0.116. The summed E-state index contributed by atoms with van der Waals surface area (Å²) in [6.07, 6.45) is 0.722. The number of ether oxygens (including phenoxy) is 2. The quantitative estimate of drug-likeness (QED) is 0.449. The summed E-state index contributed by atoms with van der Waals surface area (Å²) in [7, 11) is -2.10. The van der Waals surface area contributed by atoms with Crippen molar-refractivity contribution in [1.82, 2.24) is 0 Å². The first kappa shape index (κ1) is 22.4. The van der Waals surface area contributed by atoms with Crippen LogP contribution in [0.2, 0.25) is 0 Å². The van der Waals surface area contributed by atoms with Gasteiger partial charge in [-0.2, -0.15) is 0 Å². The Bertz CT molecular complexity index is 971. The minimum Gasteiger partial charge on any atom is -0.493 e. The number of hydrogen-bond donors (Lipinski definition) is 2. The lowest BCUT2D eigenvalue weighted by Crippen LogP contribution is -2.15. The molecule has 9 heteroatoms. The maximum Gasteiger partial charge on any atom is 0.224 e. The number of nitrogens with one attached hydrogen (secondary N) is 1. The fourth-order valence-electron chi connectivity index (χ4n) is 2.56. The molecule has 0 aliphatic carbocycles. The molecule has 2 aromatic rings. The third-order valence-corrected chi connectivity index (χ3v) is 4.72. The number of sulfonamides is 1. The molecule has 0 bridgehead atoms. The molecule has 2 rings (SSSR count). The van der Waals surface area contributed by atoms with Crippen LogP contribution in [0.15, 0.2) is 42.5 Å². The summed E-state index contributed by atoms with van der Waals surface area (Å²) in [6.45, 7) is 1.78. The van der Waals surface area contributed by atoms with Crippen molar-refractivity contribution in [1.29, 1.82) is 0 Å². The van der Waals surface area contributed by atoms with Crippen LogP contribution in [0.4, 0.5) is 5.69 Å². The molecule has 0 spiro atoms. The van der Waals surface area contributed by atoms with Gasteiger partial charge in [0, 0.05) is 17.7 Å². The zero-order valence-corrected chi connectivity index (χ0v) is 17.1. The third-order valence-electron chi connectivity index (χ3n) is 3.98. The zero-order chi connectivity index (χ0) is 21.4. The SMILES string of the molecule is COc1cc(C(C)=O)ccc1OCCCC(=O)Nc1ccc(CS(N)(=O)=O)cc1. The first-order chi connectivity index (χ1) is 13.7. The third kappa shape index (κ3) is 7.55. The molecule has 3 N–H and O–H groups in total. The maximum atomic E-state index is 12.0. The van der Waals surface area contributed by atoms with Crippen LogP contribution in [-0.4, -0.2) is 33.8 Å². The van der Waals surface area contributed by atoms with E-state index in [1.807, 2.05) is 0 Å². The Labute approximate surface area is 170 Å². The molecular weight excluding hydrogens is 396 g/mol. The number of ketones is 1. The highest BCUT2D eigenvalue weighted by Gasteiger charge is 2.09. The van der Waals surface area contributed by atoms with E-state index in [1.54, 1.807) is 42.5 Å². The molecule has 0 fully saturated rings. The van der Waals surface area contributed by atoms with Gasteiger partial charge in [-0.05, 0) is 49.2 Å². The Hall–Kier alpha value is -2.91. The number of carbonyl (C=O) groups is 2. The molecule has 0 heterocycles. The van der Waals surface area contributed by atoms with Gasteiger partial charge in [-0.25, -0.2) is 13.6 Å². The van der Waals surface area contributed by atoms with E-state index in [0.29, 0.717) is 41.3 Å². The van der Waals surface area contributed by atoms with Crippen LogP contribution in [0, 0.1) is 0 Å². The van der Waals surface area contributed by atoms with E-state index in [-0.39, 0.29) is 23.9 Å². The predicted molar refractivity (Wildman–Crippen MR) is 110 cm³/mol. The molecule has 156 valence electrons. The second-order valence-electron chi connectivity index (χ2n) is 6.43. The zero-order valence-electron chi connectivity index (χ0n) is 16.3. The Balaban J connectivity index is 1.79. The summed E-state index contributed by atoms with van der Waals surface area (Å²) < 4.78 is 33.0. The number of benzene rings is 2. The van der Waals surface area contributed by atoms with Gasteiger partial charge in [-0.15, -0.1) is 0 Å². The van der Waals surface area contributed by atoms with E-state index in [2.05, 4.69) is 5.32 Å². The fourth-order valence-corrected chi connectivity index (χ4v) is 3.22. The normalized spacial score (nSPS) is 11.0. The number of carbonyl (C=O) groups excluding carboxylic acids is 2. The van der Waals surface area contributed by atoms with Gasteiger partial charge >= 0.3 is 0 Å². The fraction of sp³-hybridized carbons (Fsp3) is 0.300. The number of amides is 1. The molecule has 0 aliphatic rings. The molecule has 0 radical (unpaired) electrons. The van der Waals surface area contributed by atoms with Gasteiger partial charge < -0.3 is 14.8 Å². The highest BCUT2D eigenvalue weighted by Crippen LogP contribution is 2.28. The maximum absolute atomic E-state index is 12.0. The smallest absolute Gasteiger partial charge is 0.224 e. The summed E-state index contributed by atoms with van der Waals surface area (Å²) in [6, 6.07) is 11.4. The number of methoxy groups -OCH3 is 1. The number of anilines is 1. The van der Waals surface area contributed by atoms with Crippen LogP contribution < -0.4 is 19.9 Å². The minimum absolute atomic E-state index is 0.0656. The molecule has 2 aromatic carbocycles.